The summed E-state index contributed by atoms with van der Waals surface area (Å²) in [6.45, 7) is 6.10. The van der Waals surface area contributed by atoms with Crippen molar-refractivity contribution >= 4 is 27.5 Å². The van der Waals surface area contributed by atoms with Crippen LogP contribution in [0.2, 0.25) is 0 Å². The van der Waals surface area contributed by atoms with Gasteiger partial charge < -0.3 is 10.1 Å². The molecule has 3 rings (SSSR count). The highest BCUT2D eigenvalue weighted by Gasteiger charge is 2.19. The molecule has 6 heteroatoms. The molecule has 1 heterocycles. The number of aromatic nitrogens is 1. The number of rotatable bonds is 6. The molecule has 0 saturated heterocycles. The van der Waals surface area contributed by atoms with Crippen LogP contribution in [0.3, 0.4) is 0 Å². The lowest BCUT2D eigenvalue weighted by molar-refractivity contribution is -0.123. The highest BCUT2D eigenvalue weighted by Crippen LogP contribution is 2.20. The lowest BCUT2D eigenvalue weighted by Gasteiger charge is -2.13. The second kappa shape index (κ2) is 7.74. The van der Waals surface area contributed by atoms with Crippen LogP contribution in [0.4, 0.5) is 0 Å². The second-order valence-corrected chi connectivity index (χ2v) is 7.44. The fourth-order valence-corrected chi connectivity index (χ4v) is 3.69. The van der Waals surface area contributed by atoms with E-state index in [1.54, 1.807) is 13.0 Å². The lowest BCUT2D eigenvalue weighted by atomic mass is 10.2. The van der Waals surface area contributed by atoms with Crippen molar-refractivity contribution < 1.29 is 9.53 Å². The third-order valence-electron chi connectivity index (χ3n) is 4.01. The fraction of sp³-hybridized carbons (Fsp3) is 0.300. The Kier molecular flexibility index (Phi) is 5.42. The molecule has 0 saturated carbocycles. The predicted octanol–water partition coefficient (Wildman–Crippen LogP) is 3.73. The zero-order valence-corrected chi connectivity index (χ0v) is 15.9. The summed E-state index contributed by atoms with van der Waals surface area (Å²) in [5, 5.41) is 3.55. The average molecular weight is 370 g/mol. The van der Waals surface area contributed by atoms with Crippen molar-refractivity contribution in [1.29, 1.82) is 0 Å². The number of hydrogen-bond donors (Lipinski definition) is 1. The quantitative estimate of drug-likeness (QED) is 0.719. The SMILES string of the molecule is CC(C)Oc1ccc(CNC(=O)C(C)n2sc3ccccc3c2=O)cc1. The molecule has 26 heavy (non-hydrogen) atoms. The summed E-state index contributed by atoms with van der Waals surface area (Å²) in [6, 6.07) is 14.5. The van der Waals surface area contributed by atoms with Crippen molar-refractivity contribution in [2.24, 2.45) is 0 Å². The smallest absolute Gasteiger partial charge is 0.269 e. The largest absolute Gasteiger partial charge is 0.491 e. The van der Waals surface area contributed by atoms with Crippen molar-refractivity contribution in [2.45, 2.75) is 39.5 Å². The molecule has 136 valence electrons. The zero-order chi connectivity index (χ0) is 18.7. The van der Waals surface area contributed by atoms with E-state index in [4.69, 9.17) is 4.74 Å². The van der Waals surface area contributed by atoms with Crippen LogP contribution >= 0.6 is 11.5 Å². The summed E-state index contributed by atoms with van der Waals surface area (Å²) in [5.74, 6) is 0.626. The second-order valence-electron chi connectivity index (χ2n) is 6.42. The van der Waals surface area contributed by atoms with Crippen LogP contribution in [0.15, 0.2) is 53.3 Å². The van der Waals surface area contributed by atoms with Crippen LogP contribution < -0.4 is 15.6 Å². The molecule has 1 amide bonds. The molecular formula is C20H22N2O3S. The topological polar surface area (TPSA) is 60.3 Å². The third kappa shape index (κ3) is 3.96. The molecule has 0 aliphatic rings. The van der Waals surface area contributed by atoms with Gasteiger partial charge in [0.1, 0.15) is 11.8 Å². The number of fused-ring (bicyclic) bond motifs is 1. The summed E-state index contributed by atoms with van der Waals surface area (Å²) in [4.78, 5) is 24.9. The van der Waals surface area contributed by atoms with Gasteiger partial charge in [-0.2, -0.15) is 0 Å². The van der Waals surface area contributed by atoms with E-state index < -0.39 is 6.04 Å². The predicted molar refractivity (Wildman–Crippen MR) is 105 cm³/mol. The van der Waals surface area contributed by atoms with E-state index in [2.05, 4.69) is 5.32 Å². The minimum Gasteiger partial charge on any atom is -0.491 e. The van der Waals surface area contributed by atoms with Gasteiger partial charge >= 0.3 is 0 Å². The van der Waals surface area contributed by atoms with E-state index in [1.165, 1.54) is 15.5 Å². The average Bonchev–Trinajstić information content (AvgIpc) is 2.97. The van der Waals surface area contributed by atoms with Gasteiger partial charge in [0.25, 0.3) is 5.56 Å². The van der Waals surface area contributed by atoms with Gasteiger partial charge in [0.2, 0.25) is 5.91 Å². The number of carbonyl (C=O) groups is 1. The lowest BCUT2D eigenvalue weighted by Crippen LogP contribution is -2.33. The maximum Gasteiger partial charge on any atom is 0.269 e. The Bertz CT molecular complexity index is 957. The van der Waals surface area contributed by atoms with Gasteiger partial charge in [-0.25, -0.2) is 0 Å². The van der Waals surface area contributed by atoms with Crippen molar-refractivity contribution in [3.63, 3.8) is 0 Å². The molecule has 1 atom stereocenters. The molecule has 0 spiro atoms. The summed E-state index contributed by atoms with van der Waals surface area (Å²) in [5.41, 5.74) is 0.855. The van der Waals surface area contributed by atoms with Gasteiger partial charge in [-0.05, 0) is 50.6 Å². The van der Waals surface area contributed by atoms with E-state index in [1.807, 2.05) is 56.3 Å². The molecule has 0 fully saturated rings. The van der Waals surface area contributed by atoms with Gasteiger partial charge in [0.15, 0.2) is 0 Å². The molecule has 1 unspecified atom stereocenters. The molecule has 5 nitrogen and oxygen atoms in total. The first kappa shape index (κ1) is 18.2. The van der Waals surface area contributed by atoms with Gasteiger partial charge in [0, 0.05) is 6.54 Å². The van der Waals surface area contributed by atoms with E-state index in [0.29, 0.717) is 11.9 Å². The Morgan fingerprint density at radius 1 is 1.12 bits per heavy atom. The molecule has 1 N–H and O–H groups in total. The normalized spacial score (nSPS) is 12.3. The summed E-state index contributed by atoms with van der Waals surface area (Å²) in [7, 11) is 0. The minimum absolute atomic E-state index is 0.122. The van der Waals surface area contributed by atoms with Gasteiger partial charge in [0.05, 0.1) is 16.2 Å². The Labute approximate surface area is 156 Å². The number of benzene rings is 2. The Morgan fingerprint density at radius 2 is 1.81 bits per heavy atom. The van der Waals surface area contributed by atoms with Crippen molar-refractivity contribution in [1.82, 2.24) is 9.27 Å². The number of nitrogens with one attached hydrogen (secondary N) is 1. The highest BCUT2D eigenvalue weighted by molar-refractivity contribution is 7.14. The maximum atomic E-state index is 12.5. The number of ether oxygens (including phenoxy) is 1. The number of hydrogen-bond acceptors (Lipinski definition) is 4. The maximum absolute atomic E-state index is 12.5. The van der Waals surface area contributed by atoms with Crippen LogP contribution in [0.5, 0.6) is 5.75 Å². The van der Waals surface area contributed by atoms with E-state index in [-0.39, 0.29) is 17.6 Å². The first-order chi connectivity index (χ1) is 12.5. The Balaban J connectivity index is 1.65. The monoisotopic (exact) mass is 370 g/mol. The third-order valence-corrected chi connectivity index (χ3v) is 5.24. The minimum atomic E-state index is -0.552. The number of amides is 1. The summed E-state index contributed by atoms with van der Waals surface area (Å²) < 4.78 is 8.02. The van der Waals surface area contributed by atoms with Gasteiger partial charge in [-0.15, -0.1) is 0 Å². The zero-order valence-electron chi connectivity index (χ0n) is 15.1. The molecule has 0 radical (unpaired) electrons. The van der Waals surface area contributed by atoms with Crippen LogP contribution in [-0.2, 0) is 11.3 Å². The van der Waals surface area contributed by atoms with Crippen molar-refractivity contribution in [2.75, 3.05) is 0 Å². The molecule has 3 aromatic rings. The first-order valence-corrected chi connectivity index (χ1v) is 9.37. The molecule has 1 aromatic heterocycles. The van der Waals surface area contributed by atoms with Crippen LogP contribution in [0.25, 0.3) is 10.1 Å². The standard InChI is InChI=1S/C20H22N2O3S/c1-13(2)25-16-10-8-15(9-11-16)12-21-19(23)14(3)22-20(24)17-6-4-5-7-18(17)26-22/h4-11,13-14H,12H2,1-3H3,(H,21,23). The summed E-state index contributed by atoms with van der Waals surface area (Å²) >= 11 is 1.32. The Morgan fingerprint density at radius 3 is 2.46 bits per heavy atom. The van der Waals surface area contributed by atoms with Crippen molar-refractivity contribution in [3.8, 4) is 5.75 Å². The molecule has 0 bridgehead atoms. The molecule has 2 aromatic carbocycles. The van der Waals surface area contributed by atoms with Gasteiger partial charge in [-0.3, -0.25) is 13.5 Å². The molecule has 0 aliphatic heterocycles. The summed E-state index contributed by atoms with van der Waals surface area (Å²) in [6.07, 6.45) is 0.126. The van der Waals surface area contributed by atoms with E-state index in [0.717, 1.165) is 16.0 Å². The van der Waals surface area contributed by atoms with Crippen LogP contribution in [0.1, 0.15) is 32.4 Å². The number of carbonyl (C=O) groups excluding carboxylic acids is 1. The molecular weight excluding hydrogens is 348 g/mol. The fourth-order valence-electron chi connectivity index (χ4n) is 2.65. The number of nitrogens with zero attached hydrogens (tertiary/aromatic N) is 1. The van der Waals surface area contributed by atoms with E-state index in [9.17, 15) is 9.59 Å². The van der Waals surface area contributed by atoms with Crippen molar-refractivity contribution in [3.05, 3.63) is 64.4 Å². The van der Waals surface area contributed by atoms with Gasteiger partial charge in [-0.1, -0.05) is 35.8 Å². The van der Waals surface area contributed by atoms with Crippen LogP contribution in [-0.4, -0.2) is 16.0 Å². The van der Waals surface area contributed by atoms with E-state index >= 15 is 0 Å². The van der Waals surface area contributed by atoms with Crippen LogP contribution in [0, 0.1) is 0 Å². The highest BCUT2D eigenvalue weighted by atomic mass is 32.1. The Hall–Kier alpha value is -2.60. The first-order valence-electron chi connectivity index (χ1n) is 8.59. The molecule has 0 aliphatic carbocycles.